The van der Waals surface area contributed by atoms with Crippen molar-refractivity contribution in [3.63, 3.8) is 0 Å². The molecule has 4 unspecified atom stereocenters. The summed E-state index contributed by atoms with van der Waals surface area (Å²) < 4.78 is 68.6. The van der Waals surface area contributed by atoms with Crippen molar-refractivity contribution in [3.05, 3.63) is 24.3 Å². The average Bonchev–Trinajstić information content (AvgIpc) is 1.24. The van der Waals surface area contributed by atoms with Crippen LogP contribution in [0.1, 0.15) is 382 Å². The lowest BCUT2D eigenvalue weighted by Crippen LogP contribution is -2.30. The van der Waals surface area contributed by atoms with Gasteiger partial charge in [0.2, 0.25) is 0 Å². The number of unbranched alkanes of at least 4 members (excludes halogenated alkanes) is 39. The Morgan fingerprint density at radius 1 is 0.337 bits per heavy atom. The van der Waals surface area contributed by atoms with Crippen LogP contribution in [0.5, 0.6) is 0 Å². The molecule has 17 nitrogen and oxygen atoms in total. The molecule has 0 aliphatic heterocycles. The van der Waals surface area contributed by atoms with Gasteiger partial charge in [-0.25, -0.2) is 9.13 Å². The van der Waals surface area contributed by atoms with Gasteiger partial charge in [-0.1, -0.05) is 330 Å². The molecular formula is C79H150O17P2. The minimum Gasteiger partial charge on any atom is -0.462 e. The number of rotatable bonds is 75. The molecule has 0 saturated carbocycles. The number of hydrogen-bond acceptors (Lipinski definition) is 15. The van der Waals surface area contributed by atoms with E-state index >= 15 is 0 Å². The van der Waals surface area contributed by atoms with Crippen molar-refractivity contribution in [3.8, 4) is 0 Å². The second kappa shape index (κ2) is 68.9. The predicted molar refractivity (Wildman–Crippen MR) is 400 cm³/mol. The van der Waals surface area contributed by atoms with Crippen molar-refractivity contribution >= 4 is 39.5 Å². The summed E-state index contributed by atoms with van der Waals surface area (Å²) in [4.78, 5) is 72.9. The van der Waals surface area contributed by atoms with Crippen molar-refractivity contribution in [2.45, 2.75) is 401 Å². The Labute approximate surface area is 599 Å². The lowest BCUT2D eigenvalue weighted by atomic mass is 9.99. The molecule has 0 fully saturated rings. The molecule has 0 aliphatic carbocycles. The fourth-order valence-electron chi connectivity index (χ4n) is 11.6. The molecule has 0 rings (SSSR count). The molecule has 0 spiro atoms. The maximum Gasteiger partial charge on any atom is 0.472 e. The van der Waals surface area contributed by atoms with Gasteiger partial charge in [-0.3, -0.25) is 37.3 Å². The van der Waals surface area contributed by atoms with Crippen molar-refractivity contribution in [2.75, 3.05) is 39.6 Å². The Bertz CT molecular complexity index is 2000. The molecule has 0 saturated heterocycles. The van der Waals surface area contributed by atoms with E-state index in [1.807, 2.05) is 0 Å². The van der Waals surface area contributed by atoms with Crippen molar-refractivity contribution < 1.29 is 80.2 Å². The summed E-state index contributed by atoms with van der Waals surface area (Å²) in [6.45, 7) is 11.9. The molecule has 19 heteroatoms. The van der Waals surface area contributed by atoms with Gasteiger partial charge in [0.05, 0.1) is 26.4 Å². The summed E-state index contributed by atoms with van der Waals surface area (Å²) in [5, 5.41) is 10.6. The number of aliphatic hydroxyl groups is 1. The highest BCUT2D eigenvalue weighted by atomic mass is 31.2. The fourth-order valence-corrected chi connectivity index (χ4v) is 13.1. The first kappa shape index (κ1) is 95.5. The fraction of sp³-hybridized carbons (Fsp3) is 0.899. The zero-order chi connectivity index (χ0) is 72.3. The highest BCUT2D eigenvalue weighted by Crippen LogP contribution is 2.45. The summed E-state index contributed by atoms with van der Waals surface area (Å²) in [5.74, 6) is 0.178. The molecule has 0 aromatic heterocycles. The van der Waals surface area contributed by atoms with Crippen LogP contribution in [-0.2, 0) is 65.4 Å². The van der Waals surface area contributed by atoms with E-state index in [0.29, 0.717) is 31.6 Å². The van der Waals surface area contributed by atoms with E-state index in [4.69, 9.17) is 37.0 Å². The van der Waals surface area contributed by atoms with E-state index in [2.05, 4.69) is 72.8 Å². The SMILES string of the molecule is CCCCCC/C=C\C=C/CCCCCCCC(=O)OC[C@H](COP(=O)(O)OCC(O)COP(=O)(O)OC[C@@H](COC(=O)CCCCCCCCCC(C)C)OC(=O)CCCCCCCCCCCCCCC(C)C)OC(=O)CCCCCCCCCCCCCCCCC(C)CC. The van der Waals surface area contributed by atoms with Gasteiger partial charge in [-0.05, 0) is 69.1 Å². The first-order valence-corrected chi connectivity index (χ1v) is 43.2. The van der Waals surface area contributed by atoms with Crippen molar-refractivity contribution in [1.82, 2.24) is 0 Å². The number of carbonyl (C=O) groups is 4. The van der Waals surface area contributed by atoms with Gasteiger partial charge < -0.3 is 33.8 Å². The van der Waals surface area contributed by atoms with Gasteiger partial charge in [0.25, 0.3) is 0 Å². The predicted octanol–water partition coefficient (Wildman–Crippen LogP) is 22.9. The highest BCUT2D eigenvalue weighted by Gasteiger charge is 2.30. The molecule has 578 valence electrons. The third kappa shape index (κ3) is 70.6. The minimum absolute atomic E-state index is 0.100. The maximum absolute atomic E-state index is 13.1. The van der Waals surface area contributed by atoms with Crippen LogP contribution >= 0.6 is 15.6 Å². The number of aliphatic hydroxyl groups excluding tert-OH is 1. The van der Waals surface area contributed by atoms with Crippen LogP contribution in [0.2, 0.25) is 0 Å². The van der Waals surface area contributed by atoms with Crippen LogP contribution in [-0.4, -0.2) is 96.7 Å². The van der Waals surface area contributed by atoms with Crippen molar-refractivity contribution in [1.29, 1.82) is 0 Å². The number of carbonyl (C=O) groups excluding carboxylic acids is 4. The smallest absolute Gasteiger partial charge is 0.462 e. The first-order valence-electron chi connectivity index (χ1n) is 40.2. The second-order valence-electron chi connectivity index (χ2n) is 29.0. The normalized spacial score (nSPS) is 14.4. The Kier molecular flexibility index (Phi) is 67.2. The van der Waals surface area contributed by atoms with Crippen LogP contribution < -0.4 is 0 Å². The average molecular weight is 1430 g/mol. The lowest BCUT2D eigenvalue weighted by molar-refractivity contribution is -0.161. The van der Waals surface area contributed by atoms with E-state index in [1.54, 1.807) is 0 Å². The van der Waals surface area contributed by atoms with E-state index < -0.39 is 97.5 Å². The van der Waals surface area contributed by atoms with Gasteiger partial charge in [0.15, 0.2) is 12.2 Å². The van der Waals surface area contributed by atoms with Gasteiger partial charge in [0.1, 0.15) is 19.3 Å². The summed E-state index contributed by atoms with van der Waals surface area (Å²) in [7, 11) is -9.93. The Morgan fingerprint density at radius 2 is 0.602 bits per heavy atom. The summed E-state index contributed by atoms with van der Waals surface area (Å²) in [6.07, 6.45) is 59.0. The van der Waals surface area contributed by atoms with Crippen LogP contribution in [0.15, 0.2) is 24.3 Å². The molecule has 0 bridgehead atoms. The third-order valence-corrected chi connectivity index (χ3v) is 20.0. The number of ether oxygens (including phenoxy) is 4. The molecule has 98 heavy (non-hydrogen) atoms. The number of allylic oxidation sites excluding steroid dienone is 4. The second-order valence-corrected chi connectivity index (χ2v) is 31.9. The number of esters is 4. The molecular weight excluding hydrogens is 1280 g/mol. The summed E-state index contributed by atoms with van der Waals surface area (Å²) in [5.41, 5.74) is 0. The standard InChI is InChI=1S/C79H150O17P2/c1-8-10-11-12-13-14-15-16-17-21-27-32-39-46-53-60-76(81)89-66-74(95-78(83)62-55-48-40-33-28-22-19-18-20-26-31-38-45-52-59-72(7)9-2)68-93-97(85,86)91-64-73(80)65-92-98(87,88)94-69-75(67-90-77(82)61-54-47-42-35-37-44-51-58-71(5)6)96-79(84)63-56-49-41-34-29-24-23-25-30-36-43-50-57-70(3)4/h14-17,70-75,80H,8-13,18-69H2,1-7H3,(H,85,86)(H,87,88)/b15-14-,17-16-/t72?,73?,74-,75-/m1/s1. The van der Waals surface area contributed by atoms with Gasteiger partial charge in [-0.2, -0.15) is 0 Å². The van der Waals surface area contributed by atoms with E-state index in [1.165, 1.54) is 167 Å². The van der Waals surface area contributed by atoms with Gasteiger partial charge >= 0.3 is 39.5 Å². The highest BCUT2D eigenvalue weighted by molar-refractivity contribution is 7.47. The van der Waals surface area contributed by atoms with Gasteiger partial charge in [0, 0.05) is 25.7 Å². The molecule has 0 aliphatic rings. The molecule has 0 heterocycles. The summed E-state index contributed by atoms with van der Waals surface area (Å²) in [6, 6.07) is 0. The molecule has 0 aromatic carbocycles. The molecule has 0 radical (unpaired) electrons. The zero-order valence-corrected chi connectivity index (χ0v) is 65.5. The number of phosphoric ester groups is 2. The van der Waals surface area contributed by atoms with Gasteiger partial charge in [-0.15, -0.1) is 0 Å². The Balaban J connectivity index is 5.29. The molecule has 3 N–H and O–H groups in total. The van der Waals surface area contributed by atoms with E-state index in [0.717, 1.165) is 127 Å². The van der Waals surface area contributed by atoms with E-state index in [9.17, 15) is 43.2 Å². The number of hydrogen-bond donors (Lipinski definition) is 3. The third-order valence-electron chi connectivity index (χ3n) is 18.1. The van der Waals surface area contributed by atoms with Crippen LogP contribution in [0.4, 0.5) is 0 Å². The zero-order valence-electron chi connectivity index (χ0n) is 63.7. The first-order chi connectivity index (χ1) is 47.3. The van der Waals surface area contributed by atoms with Crippen LogP contribution in [0.3, 0.4) is 0 Å². The van der Waals surface area contributed by atoms with E-state index in [-0.39, 0.29) is 25.7 Å². The topological polar surface area (TPSA) is 237 Å². The van der Waals surface area contributed by atoms with Crippen molar-refractivity contribution in [2.24, 2.45) is 17.8 Å². The quantitative estimate of drug-likeness (QED) is 0.0169. The van der Waals surface area contributed by atoms with Crippen LogP contribution in [0, 0.1) is 17.8 Å². The monoisotopic (exact) mass is 1430 g/mol. The molecule has 0 amide bonds. The Hall–Kier alpha value is -2.46. The molecule has 0 aromatic rings. The number of phosphoric acid groups is 2. The Morgan fingerprint density at radius 3 is 0.908 bits per heavy atom. The molecule has 6 atom stereocenters. The largest absolute Gasteiger partial charge is 0.472 e. The minimum atomic E-state index is -4.97. The lowest BCUT2D eigenvalue weighted by Gasteiger charge is -2.21. The maximum atomic E-state index is 13.1. The summed E-state index contributed by atoms with van der Waals surface area (Å²) >= 11 is 0. The van der Waals surface area contributed by atoms with Crippen LogP contribution in [0.25, 0.3) is 0 Å².